The maximum atomic E-state index is 14.3. The molecule has 1 amide bonds. The molecule has 2 aromatic carbocycles. The van der Waals surface area contributed by atoms with E-state index >= 15 is 0 Å². The molecule has 1 aliphatic heterocycles. The van der Waals surface area contributed by atoms with Crippen LogP contribution in [0.5, 0.6) is 11.6 Å². The number of carboxylic acids is 1. The molecule has 0 radical (unpaired) electrons. The molecule has 1 N–H and O–H groups in total. The SMILES string of the molecule is COc1ccc(C(=O)N(Cc2ccccc2)c2ccccn2)c(N2CCC(COc3cc(C(CC(=O)O)C4CC4)ccn3)CC2)c1. The first-order valence-electron chi connectivity index (χ1n) is 16.0. The fraction of sp³-hybridized carbons (Fsp3) is 0.351. The number of ether oxygens (including phenoxy) is 2. The molecule has 2 aromatic heterocycles. The van der Waals surface area contributed by atoms with Gasteiger partial charge < -0.3 is 19.5 Å². The van der Waals surface area contributed by atoms with Crippen molar-refractivity contribution in [2.45, 2.75) is 44.6 Å². The van der Waals surface area contributed by atoms with Crippen LogP contribution in [-0.2, 0) is 11.3 Å². The first-order chi connectivity index (χ1) is 22.5. The summed E-state index contributed by atoms with van der Waals surface area (Å²) in [5.74, 6) is 1.71. The summed E-state index contributed by atoms with van der Waals surface area (Å²) >= 11 is 0. The maximum absolute atomic E-state index is 14.3. The number of benzene rings is 2. The highest BCUT2D eigenvalue weighted by Gasteiger charge is 2.34. The van der Waals surface area contributed by atoms with Gasteiger partial charge in [-0.3, -0.25) is 14.5 Å². The number of nitrogens with zero attached hydrogens (tertiary/aromatic N) is 4. The monoisotopic (exact) mass is 620 g/mol. The predicted molar refractivity (Wildman–Crippen MR) is 177 cm³/mol. The summed E-state index contributed by atoms with van der Waals surface area (Å²) in [5.41, 5.74) is 3.45. The molecule has 0 bridgehead atoms. The van der Waals surface area contributed by atoms with Crippen molar-refractivity contribution in [2.24, 2.45) is 11.8 Å². The molecule has 9 heteroatoms. The number of pyridine rings is 2. The number of hydrogen-bond acceptors (Lipinski definition) is 7. The topological polar surface area (TPSA) is 105 Å². The minimum Gasteiger partial charge on any atom is -0.497 e. The molecule has 6 rings (SSSR count). The van der Waals surface area contributed by atoms with Crippen molar-refractivity contribution < 1.29 is 24.2 Å². The summed E-state index contributed by atoms with van der Waals surface area (Å²) in [6.45, 7) is 2.46. The van der Waals surface area contributed by atoms with E-state index in [2.05, 4.69) is 14.9 Å². The maximum Gasteiger partial charge on any atom is 0.303 e. The average Bonchev–Trinajstić information content (AvgIpc) is 3.95. The number of amides is 1. The highest BCUT2D eigenvalue weighted by atomic mass is 16.5. The number of methoxy groups -OCH3 is 1. The lowest BCUT2D eigenvalue weighted by molar-refractivity contribution is -0.137. The van der Waals surface area contributed by atoms with Gasteiger partial charge in [-0.15, -0.1) is 0 Å². The van der Waals surface area contributed by atoms with Crippen molar-refractivity contribution in [3.63, 3.8) is 0 Å². The Morgan fingerprint density at radius 3 is 2.41 bits per heavy atom. The molecule has 1 atom stereocenters. The zero-order valence-corrected chi connectivity index (χ0v) is 26.1. The van der Waals surface area contributed by atoms with E-state index in [-0.39, 0.29) is 18.2 Å². The third kappa shape index (κ3) is 7.65. The van der Waals surface area contributed by atoms with Crippen LogP contribution in [0.4, 0.5) is 11.5 Å². The number of piperidine rings is 1. The molecular formula is C37H40N4O5. The summed E-state index contributed by atoms with van der Waals surface area (Å²) < 4.78 is 11.7. The van der Waals surface area contributed by atoms with Gasteiger partial charge in [0.1, 0.15) is 11.6 Å². The third-order valence-corrected chi connectivity index (χ3v) is 8.98. The minimum atomic E-state index is -0.774. The van der Waals surface area contributed by atoms with E-state index in [1.54, 1.807) is 24.4 Å². The van der Waals surface area contributed by atoms with Gasteiger partial charge in [0.25, 0.3) is 5.91 Å². The third-order valence-electron chi connectivity index (χ3n) is 8.98. The Kier molecular flexibility index (Phi) is 9.76. The van der Waals surface area contributed by atoms with Crippen LogP contribution in [0, 0.1) is 11.8 Å². The molecule has 2 fully saturated rings. The Labute approximate surface area is 269 Å². The normalized spacial score (nSPS) is 15.6. The van der Waals surface area contributed by atoms with Gasteiger partial charge >= 0.3 is 5.97 Å². The fourth-order valence-corrected chi connectivity index (χ4v) is 6.28. The van der Waals surface area contributed by atoms with Crippen molar-refractivity contribution in [1.29, 1.82) is 0 Å². The van der Waals surface area contributed by atoms with E-state index < -0.39 is 5.97 Å². The van der Waals surface area contributed by atoms with E-state index in [9.17, 15) is 14.7 Å². The molecule has 4 aromatic rings. The van der Waals surface area contributed by atoms with E-state index in [0.717, 1.165) is 55.6 Å². The van der Waals surface area contributed by atoms with Crippen LogP contribution < -0.4 is 19.3 Å². The molecule has 1 saturated heterocycles. The molecule has 2 aliphatic rings. The van der Waals surface area contributed by atoms with Crippen molar-refractivity contribution >= 4 is 23.4 Å². The molecule has 238 valence electrons. The van der Waals surface area contributed by atoms with Crippen molar-refractivity contribution in [3.8, 4) is 11.6 Å². The van der Waals surface area contributed by atoms with E-state index in [0.29, 0.717) is 48.0 Å². The Morgan fingerprint density at radius 2 is 1.72 bits per heavy atom. The molecule has 3 heterocycles. The molecule has 1 unspecified atom stereocenters. The van der Waals surface area contributed by atoms with Crippen LogP contribution in [0.3, 0.4) is 0 Å². The largest absolute Gasteiger partial charge is 0.497 e. The van der Waals surface area contributed by atoms with E-state index in [1.165, 1.54) is 0 Å². The lowest BCUT2D eigenvalue weighted by atomic mass is 9.92. The minimum absolute atomic E-state index is 0.00662. The predicted octanol–water partition coefficient (Wildman–Crippen LogP) is 6.60. The van der Waals surface area contributed by atoms with Gasteiger partial charge in [-0.25, -0.2) is 9.97 Å². The summed E-state index contributed by atoms with van der Waals surface area (Å²) in [6.07, 6.45) is 7.48. The summed E-state index contributed by atoms with van der Waals surface area (Å²) in [7, 11) is 1.64. The number of rotatable bonds is 13. The van der Waals surface area contributed by atoms with Crippen molar-refractivity contribution in [1.82, 2.24) is 9.97 Å². The van der Waals surface area contributed by atoms with Crippen molar-refractivity contribution in [2.75, 3.05) is 36.6 Å². The van der Waals surface area contributed by atoms with Crippen LogP contribution in [-0.4, -0.2) is 53.8 Å². The zero-order valence-electron chi connectivity index (χ0n) is 26.1. The summed E-state index contributed by atoms with van der Waals surface area (Å²) in [6, 6.07) is 25.0. The molecule has 0 spiro atoms. The van der Waals surface area contributed by atoms with Gasteiger partial charge in [0.15, 0.2) is 0 Å². The molecule has 1 aliphatic carbocycles. The summed E-state index contributed by atoms with van der Waals surface area (Å²) in [5, 5.41) is 9.40. The average molecular weight is 621 g/mol. The van der Waals surface area contributed by atoms with Crippen LogP contribution in [0.25, 0.3) is 0 Å². The lowest BCUT2D eigenvalue weighted by Crippen LogP contribution is -2.38. The number of aliphatic carboxylic acids is 1. The van der Waals surface area contributed by atoms with Gasteiger partial charge in [0, 0.05) is 37.6 Å². The van der Waals surface area contributed by atoms with Gasteiger partial charge in [-0.2, -0.15) is 0 Å². The molecule has 46 heavy (non-hydrogen) atoms. The second-order valence-corrected chi connectivity index (χ2v) is 12.2. The zero-order chi connectivity index (χ0) is 31.9. The van der Waals surface area contributed by atoms with Gasteiger partial charge in [-0.05, 0) is 84.9 Å². The number of carbonyl (C=O) groups excluding carboxylic acids is 1. The highest BCUT2D eigenvalue weighted by molar-refractivity contribution is 6.09. The first kappa shape index (κ1) is 31.1. The molecule has 1 saturated carbocycles. The number of aromatic nitrogens is 2. The quantitative estimate of drug-likeness (QED) is 0.178. The summed E-state index contributed by atoms with van der Waals surface area (Å²) in [4.78, 5) is 38.6. The Bertz CT molecular complexity index is 1620. The highest BCUT2D eigenvalue weighted by Crippen LogP contribution is 2.45. The number of hydrogen-bond donors (Lipinski definition) is 1. The standard InChI is InChI=1S/C37H40N4O5/c1-45-30-12-13-31(37(44)41(34-9-5-6-17-38-34)24-26-7-3-2-4-8-26)33(22-30)40-19-15-27(16-20-40)25-46-35-21-29(14-18-39-35)32(23-36(42)43)28-10-11-28/h2-9,12-14,17-18,21-22,27-28,32H,10-11,15-16,19-20,23-25H2,1H3,(H,42,43). The van der Waals surface area contributed by atoms with Gasteiger partial charge in [-0.1, -0.05) is 36.4 Å². The first-order valence-corrected chi connectivity index (χ1v) is 16.0. The lowest BCUT2D eigenvalue weighted by Gasteiger charge is -2.35. The van der Waals surface area contributed by atoms with Crippen LogP contribution in [0.1, 0.15) is 59.5 Å². The van der Waals surface area contributed by atoms with Gasteiger partial charge in [0.05, 0.1) is 37.9 Å². The van der Waals surface area contributed by atoms with Gasteiger partial charge in [0.2, 0.25) is 5.88 Å². The molecular weight excluding hydrogens is 580 g/mol. The Morgan fingerprint density at radius 1 is 0.935 bits per heavy atom. The molecule has 9 nitrogen and oxygen atoms in total. The smallest absolute Gasteiger partial charge is 0.303 e. The van der Waals surface area contributed by atoms with Crippen LogP contribution in [0.2, 0.25) is 0 Å². The number of carboxylic acid groups (broad SMARTS) is 1. The Balaban J connectivity index is 1.14. The van der Waals surface area contributed by atoms with E-state index in [1.807, 2.05) is 78.9 Å². The second-order valence-electron chi connectivity index (χ2n) is 12.2. The van der Waals surface area contributed by atoms with Crippen LogP contribution >= 0.6 is 0 Å². The number of anilines is 2. The second kappa shape index (κ2) is 14.5. The van der Waals surface area contributed by atoms with E-state index in [4.69, 9.17) is 9.47 Å². The number of carbonyl (C=O) groups is 2. The van der Waals surface area contributed by atoms with Crippen molar-refractivity contribution in [3.05, 3.63) is 108 Å². The fourth-order valence-electron chi connectivity index (χ4n) is 6.28. The Hall–Kier alpha value is -4.92. The van der Waals surface area contributed by atoms with Crippen LogP contribution in [0.15, 0.2) is 91.3 Å².